The van der Waals surface area contributed by atoms with Crippen molar-refractivity contribution in [2.75, 3.05) is 6.61 Å². The van der Waals surface area contributed by atoms with Crippen molar-refractivity contribution in [2.24, 2.45) is 17.3 Å². The zero-order valence-electron chi connectivity index (χ0n) is 13.2. The van der Waals surface area contributed by atoms with E-state index in [0.29, 0.717) is 32.1 Å². The molecule has 6 heteroatoms. The molecule has 3 bridgehead atoms. The number of hydrogen-bond acceptors (Lipinski definition) is 6. The van der Waals surface area contributed by atoms with E-state index in [2.05, 4.69) is 6.58 Å². The van der Waals surface area contributed by atoms with Gasteiger partial charge in [0.05, 0.1) is 11.2 Å². The average molecular weight is 322 g/mol. The van der Waals surface area contributed by atoms with Crippen LogP contribution in [-0.4, -0.2) is 45.6 Å². The predicted molar refractivity (Wildman–Crippen MR) is 78.1 cm³/mol. The Bertz CT molecular complexity index is 616. The maximum absolute atomic E-state index is 12.1. The highest BCUT2D eigenvalue weighted by molar-refractivity contribution is 5.83. The van der Waals surface area contributed by atoms with E-state index < -0.39 is 35.3 Å². The average Bonchev–Trinajstić information content (AvgIpc) is 2.80. The van der Waals surface area contributed by atoms with Crippen LogP contribution in [0.3, 0.4) is 0 Å². The van der Waals surface area contributed by atoms with Gasteiger partial charge in [0, 0.05) is 23.8 Å². The summed E-state index contributed by atoms with van der Waals surface area (Å²) in [5, 5.41) is 21.9. The van der Waals surface area contributed by atoms with Crippen LogP contribution in [0.25, 0.3) is 0 Å². The Morgan fingerprint density at radius 2 is 2.00 bits per heavy atom. The molecular formula is C17H22O6. The summed E-state index contributed by atoms with van der Waals surface area (Å²) in [4.78, 5) is 23.2. The van der Waals surface area contributed by atoms with Gasteiger partial charge >= 0.3 is 11.9 Å². The minimum absolute atomic E-state index is 0.249. The summed E-state index contributed by atoms with van der Waals surface area (Å²) in [7, 11) is 0. The molecule has 4 aliphatic carbocycles. The summed E-state index contributed by atoms with van der Waals surface area (Å²) in [6.45, 7) is 4.71. The SMILES string of the molecule is C=CC(=O)OCC(=O)OC12CC3CC4(O)CC(O)(CC34C1)C2C. The van der Waals surface area contributed by atoms with Gasteiger partial charge < -0.3 is 19.7 Å². The summed E-state index contributed by atoms with van der Waals surface area (Å²) in [5.74, 6) is -1.25. The molecule has 0 saturated heterocycles. The molecule has 0 aromatic carbocycles. The van der Waals surface area contributed by atoms with E-state index in [-0.39, 0.29) is 17.3 Å². The van der Waals surface area contributed by atoms with Gasteiger partial charge in [0.1, 0.15) is 5.60 Å². The van der Waals surface area contributed by atoms with E-state index in [0.717, 1.165) is 6.08 Å². The Morgan fingerprint density at radius 3 is 2.70 bits per heavy atom. The number of aliphatic hydroxyl groups is 2. The van der Waals surface area contributed by atoms with Crippen LogP contribution in [0.5, 0.6) is 0 Å². The molecule has 4 fully saturated rings. The highest BCUT2D eigenvalue weighted by Crippen LogP contribution is 2.80. The summed E-state index contributed by atoms with van der Waals surface area (Å²) < 4.78 is 10.5. The zero-order chi connectivity index (χ0) is 16.7. The lowest BCUT2D eigenvalue weighted by Gasteiger charge is -2.55. The lowest BCUT2D eigenvalue weighted by molar-refractivity contribution is -0.194. The fourth-order valence-electron chi connectivity index (χ4n) is 6.13. The van der Waals surface area contributed by atoms with Gasteiger partial charge in [-0.15, -0.1) is 0 Å². The van der Waals surface area contributed by atoms with Gasteiger partial charge in [0.2, 0.25) is 0 Å². The molecule has 6 unspecified atom stereocenters. The summed E-state index contributed by atoms with van der Waals surface area (Å²) >= 11 is 0. The quantitative estimate of drug-likeness (QED) is 0.585. The number of ether oxygens (including phenoxy) is 2. The van der Waals surface area contributed by atoms with Crippen LogP contribution >= 0.6 is 0 Å². The van der Waals surface area contributed by atoms with Crippen molar-refractivity contribution in [2.45, 2.75) is 55.8 Å². The van der Waals surface area contributed by atoms with Crippen molar-refractivity contribution in [3.63, 3.8) is 0 Å². The van der Waals surface area contributed by atoms with E-state index in [4.69, 9.17) is 9.47 Å². The molecule has 0 aromatic rings. The second-order valence-corrected chi connectivity index (χ2v) is 8.00. The van der Waals surface area contributed by atoms with E-state index >= 15 is 0 Å². The van der Waals surface area contributed by atoms with Crippen molar-refractivity contribution in [3.8, 4) is 0 Å². The molecule has 0 amide bonds. The van der Waals surface area contributed by atoms with Gasteiger partial charge in [-0.25, -0.2) is 9.59 Å². The summed E-state index contributed by atoms with van der Waals surface area (Å²) in [6.07, 6.45) is 3.88. The van der Waals surface area contributed by atoms with Gasteiger partial charge in [-0.05, 0) is 31.6 Å². The lowest BCUT2D eigenvalue weighted by atomic mass is 9.52. The number of fused-ring (bicyclic) bond motifs is 2. The lowest BCUT2D eigenvalue weighted by Crippen LogP contribution is -2.58. The topological polar surface area (TPSA) is 93.1 Å². The van der Waals surface area contributed by atoms with E-state index in [1.54, 1.807) is 0 Å². The van der Waals surface area contributed by atoms with Crippen LogP contribution < -0.4 is 0 Å². The van der Waals surface area contributed by atoms with Gasteiger partial charge in [-0.1, -0.05) is 13.5 Å². The Kier molecular flexibility index (Phi) is 2.74. The van der Waals surface area contributed by atoms with E-state index in [1.807, 2.05) is 6.92 Å². The third kappa shape index (κ3) is 1.66. The first-order valence-corrected chi connectivity index (χ1v) is 8.15. The van der Waals surface area contributed by atoms with Crippen LogP contribution in [0.2, 0.25) is 0 Å². The number of carbonyl (C=O) groups is 2. The van der Waals surface area contributed by atoms with Crippen LogP contribution in [0.4, 0.5) is 0 Å². The first-order chi connectivity index (χ1) is 10.7. The number of rotatable bonds is 4. The summed E-state index contributed by atoms with van der Waals surface area (Å²) in [6, 6.07) is 0. The fourth-order valence-corrected chi connectivity index (χ4v) is 6.13. The fraction of sp³-hybridized carbons (Fsp3) is 0.765. The minimum Gasteiger partial charge on any atom is -0.456 e. The van der Waals surface area contributed by atoms with Gasteiger partial charge in [-0.2, -0.15) is 0 Å². The molecule has 2 N–H and O–H groups in total. The zero-order valence-corrected chi connectivity index (χ0v) is 13.2. The van der Waals surface area contributed by atoms with Crippen molar-refractivity contribution in [3.05, 3.63) is 12.7 Å². The van der Waals surface area contributed by atoms with Crippen LogP contribution in [-0.2, 0) is 19.1 Å². The Labute approximate surface area is 134 Å². The van der Waals surface area contributed by atoms with Gasteiger partial charge in [-0.3, -0.25) is 0 Å². The van der Waals surface area contributed by atoms with Crippen LogP contribution in [0.1, 0.15) is 39.0 Å². The van der Waals surface area contributed by atoms with Gasteiger partial charge in [0.25, 0.3) is 0 Å². The molecule has 0 aromatic heterocycles. The van der Waals surface area contributed by atoms with Crippen LogP contribution in [0, 0.1) is 17.3 Å². The first kappa shape index (κ1) is 15.1. The standard InChI is InChI=1S/C17H22O6/c1-3-12(18)22-6-13(19)23-16-4-11-5-17(21)9-15(20,10(16)2)7-14(11,17)8-16/h3,10-11,20-21H,1,4-9H2,2H3. The molecule has 126 valence electrons. The molecule has 23 heavy (non-hydrogen) atoms. The smallest absolute Gasteiger partial charge is 0.344 e. The van der Waals surface area contributed by atoms with Crippen molar-refractivity contribution < 1.29 is 29.3 Å². The maximum atomic E-state index is 12.1. The molecule has 4 rings (SSSR count). The second-order valence-electron chi connectivity index (χ2n) is 8.00. The molecule has 0 radical (unpaired) electrons. The van der Waals surface area contributed by atoms with Crippen molar-refractivity contribution in [1.29, 1.82) is 0 Å². The number of hydrogen-bond donors (Lipinski definition) is 2. The number of carbonyl (C=O) groups excluding carboxylic acids is 2. The molecule has 1 spiro atoms. The van der Waals surface area contributed by atoms with Gasteiger partial charge in [0.15, 0.2) is 6.61 Å². The third-order valence-corrected chi connectivity index (χ3v) is 7.13. The summed E-state index contributed by atoms with van der Waals surface area (Å²) in [5.41, 5.74) is -2.89. The Morgan fingerprint density at radius 1 is 1.26 bits per heavy atom. The highest BCUT2D eigenvalue weighted by Gasteiger charge is 2.84. The van der Waals surface area contributed by atoms with E-state index in [1.165, 1.54) is 0 Å². The Hall–Kier alpha value is -1.40. The van der Waals surface area contributed by atoms with Crippen LogP contribution in [0.15, 0.2) is 12.7 Å². The first-order valence-electron chi connectivity index (χ1n) is 8.15. The number of esters is 2. The maximum Gasteiger partial charge on any atom is 0.344 e. The minimum atomic E-state index is -0.990. The molecule has 4 saturated carbocycles. The second kappa shape index (κ2) is 4.16. The van der Waals surface area contributed by atoms with E-state index in [9.17, 15) is 19.8 Å². The normalized spacial score (nSPS) is 51.8. The van der Waals surface area contributed by atoms with Crippen molar-refractivity contribution in [1.82, 2.24) is 0 Å². The third-order valence-electron chi connectivity index (χ3n) is 7.13. The molecule has 6 atom stereocenters. The predicted octanol–water partition coefficient (Wildman–Crippen LogP) is 0.703. The molecule has 0 aliphatic heterocycles. The molecule has 0 heterocycles. The highest BCUT2D eigenvalue weighted by atomic mass is 16.6. The Balaban J connectivity index is 1.56. The molecular weight excluding hydrogens is 300 g/mol. The molecule has 6 nitrogen and oxygen atoms in total. The molecule has 4 aliphatic rings. The largest absolute Gasteiger partial charge is 0.456 e. The van der Waals surface area contributed by atoms with Crippen molar-refractivity contribution >= 4 is 11.9 Å². The monoisotopic (exact) mass is 322 g/mol.